The Labute approximate surface area is 340 Å². The van der Waals surface area contributed by atoms with Crippen molar-refractivity contribution >= 4 is 24.0 Å². The van der Waals surface area contributed by atoms with E-state index >= 15 is 0 Å². The Kier molecular flexibility index (Phi) is 12.2. The molecule has 308 valence electrons. The summed E-state index contributed by atoms with van der Waals surface area (Å²) in [5.41, 5.74) is 10.2. The van der Waals surface area contributed by atoms with E-state index < -0.39 is 24.3 Å². The first kappa shape index (κ1) is 40.6. The second-order valence-corrected chi connectivity index (χ2v) is 16.5. The van der Waals surface area contributed by atoms with E-state index in [1.54, 1.807) is 0 Å². The van der Waals surface area contributed by atoms with Crippen LogP contribution in [0.1, 0.15) is 101 Å². The normalized spacial score (nSPS) is 18.9. The van der Waals surface area contributed by atoms with Gasteiger partial charge in [-0.05, 0) is 96.6 Å². The van der Waals surface area contributed by atoms with Crippen LogP contribution >= 0.6 is 0 Å². The van der Waals surface area contributed by atoms with Crippen LogP contribution in [-0.2, 0) is 31.9 Å². The summed E-state index contributed by atoms with van der Waals surface area (Å²) in [5.74, 6) is 0.356. The molecule has 0 radical (unpaired) electrons. The highest BCUT2D eigenvalue weighted by molar-refractivity contribution is 5.87. The lowest BCUT2D eigenvalue weighted by Gasteiger charge is -2.31. The van der Waals surface area contributed by atoms with Gasteiger partial charge in [-0.3, -0.25) is 9.59 Å². The van der Waals surface area contributed by atoms with Crippen molar-refractivity contribution in [2.75, 3.05) is 27.3 Å². The van der Waals surface area contributed by atoms with Gasteiger partial charge in [0.05, 0.1) is 38.2 Å². The lowest BCUT2D eigenvalue weighted by molar-refractivity contribution is -0.136. The molecule has 0 bridgehead atoms. The summed E-state index contributed by atoms with van der Waals surface area (Å²) in [6.45, 7) is 8.96. The molecule has 4 atom stereocenters. The zero-order valence-electron chi connectivity index (χ0n) is 34.5. The van der Waals surface area contributed by atoms with Crippen LogP contribution in [0.3, 0.4) is 0 Å². The topological polar surface area (TPSA) is 162 Å². The number of methoxy groups -OCH3 is 2. The van der Waals surface area contributed by atoms with Crippen molar-refractivity contribution in [2.24, 2.45) is 11.8 Å². The highest BCUT2D eigenvalue weighted by atomic mass is 16.5. The third kappa shape index (κ3) is 8.21. The number of hydrogen-bond donors (Lipinski definition) is 4. The van der Waals surface area contributed by atoms with Crippen LogP contribution in [0.15, 0.2) is 54.7 Å². The van der Waals surface area contributed by atoms with Crippen molar-refractivity contribution in [3.8, 4) is 33.6 Å². The monoisotopic (exact) mass is 791 g/mol. The largest absolute Gasteiger partial charge is 0.453 e. The minimum absolute atomic E-state index is 0.0643. The summed E-state index contributed by atoms with van der Waals surface area (Å²) in [6, 6.07) is 15.5. The van der Waals surface area contributed by atoms with Crippen molar-refractivity contribution in [1.82, 2.24) is 35.4 Å². The summed E-state index contributed by atoms with van der Waals surface area (Å²) in [4.78, 5) is 67.4. The number of nitrogens with one attached hydrogen (secondary N) is 4. The molecule has 1 unspecified atom stereocenters. The number of alkyl carbamates (subject to hydrolysis) is 2. The van der Waals surface area contributed by atoms with Crippen LogP contribution < -0.4 is 10.6 Å². The molecule has 13 nitrogen and oxygen atoms in total. The molecule has 7 rings (SSSR count). The summed E-state index contributed by atoms with van der Waals surface area (Å²) < 4.78 is 9.61. The number of imidazole rings is 1. The fraction of sp³-hybridized carbons (Fsp3) is 0.489. The maximum Gasteiger partial charge on any atom is 0.407 e. The van der Waals surface area contributed by atoms with Gasteiger partial charge >= 0.3 is 12.2 Å². The van der Waals surface area contributed by atoms with Gasteiger partial charge < -0.3 is 39.9 Å². The van der Waals surface area contributed by atoms with Crippen molar-refractivity contribution in [2.45, 2.75) is 103 Å². The molecule has 1 aliphatic carbocycles. The van der Waals surface area contributed by atoms with Crippen molar-refractivity contribution in [3.63, 3.8) is 0 Å². The first-order valence-electron chi connectivity index (χ1n) is 20.8. The molecule has 0 saturated carbocycles. The van der Waals surface area contributed by atoms with Gasteiger partial charge in [-0.25, -0.2) is 14.6 Å². The van der Waals surface area contributed by atoms with Crippen molar-refractivity contribution in [1.29, 1.82) is 0 Å². The van der Waals surface area contributed by atoms with Crippen LogP contribution in [0.5, 0.6) is 0 Å². The number of rotatable bonds is 11. The van der Waals surface area contributed by atoms with Gasteiger partial charge in [0, 0.05) is 24.5 Å². The number of likely N-dealkylation sites (tertiary alicyclic amines) is 2. The van der Waals surface area contributed by atoms with Gasteiger partial charge in [0.15, 0.2) is 0 Å². The van der Waals surface area contributed by atoms with Gasteiger partial charge in [-0.2, -0.15) is 0 Å². The van der Waals surface area contributed by atoms with E-state index in [2.05, 4.69) is 69.1 Å². The van der Waals surface area contributed by atoms with Crippen LogP contribution in [0.25, 0.3) is 33.6 Å². The first-order chi connectivity index (χ1) is 28.0. The minimum atomic E-state index is -0.684. The Bertz CT molecular complexity index is 2100. The predicted octanol–water partition coefficient (Wildman–Crippen LogP) is 7.71. The smallest absolute Gasteiger partial charge is 0.407 e. The molecule has 0 spiro atoms. The maximum absolute atomic E-state index is 13.9. The van der Waals surface area contributed by atoms with Crippen LogP contribution in [-0.4, -0.2) is 88.1 Å². The molecule has 4 N–H and O–H groups in total. The average Bonchev–Trinajstić information content (AvgIpc) is 4.07. The lowest BCUT2D eigenvalue weighted by Crippen LogP contribution is -2.51. The third-order valence-corrected chi connectivity index (χ3v) is 12.2. The fourth-order valence-corrected chi connectivity index (χ4v) is 9.02. The molecule has 13 heteroatoms. The SMILES string of the molecule is COC(=O)NC(C(=O)N1CCC[C@H]1c1[nH]c(-c2ccc(-c3ccc(-c4cnc([C@@H]5CCCN5C(=O)[C@@H](NC(=O)OC)C(C)C)[nH]4)cc3)cc2)c2c1CCCC2)C(C)C. The number of H-pyrrole nitrogens is 2. The molecule has 4 amide bonds. The van der Waals surface area contributed by atoms with Crippen LogP contribution in [0.2, 0.25) is 0 Å². The van der Waals surface area contributed by atoms with E-state index in [1.807, 2.05) is 43.7 Å². The Morgan fingerprint density at radius 2 is 1.14 bits per heavy atom. The lowest BCUT2D eigenvalue weighted by atomic mass is 9.88. The van der Waals surface area contributed by atoms with E-state index in [1.165, 1.54) is 25.3 Å². The highest BCUT2D eigenvalue weighted by Gasteiger charge is 2.40. The van der Waals surface area contributed by atoms with Gasteiger partial charge in [0.25, 0.3) is 0 Å². The second-order valence-electron chi connectivity index (χ2n) is 16.5. The van der Waals surface area contributed by atoms with Crippen LogP contribution in [0.4, 0.5) is 9.59 Å². The van der Waals surface area contributed by atoms with Gasteiger partial charge in [-0.1, -0.05) is 76.2 Å². The number of fused-ring (bicyclic) bond motifs is 1. The average molecular weight is 792 g/mol. The molecule has 4 heterocycles. The van der Waals surface area contributed by atoms with Gasteiger partial charge in [0.1, 0.15) is 17.9 Å². The van der Waals surface area contributed by atoms with Crippen LogP contribution in [0, 0.1) is 11.8 Å². The fourth-order valence-electron chi connectivity index (χ4n) is 9.02. The van der Waals surface area contributed by atoms with E-state index in [4.69, 9.17) is 14.5 Å². The van der Waals surface area contributed by atoms with E-state index in [9.17, 15) is 19.2 Å². The highest BCUT2D eigenvalue weighted by Crippen LogP contribution is 2.42. The number of nitrogens with zero attached hydrogens (tertiary/aromatic N) is 3. The van der Waals surface area contributed by atoms with Crippen molar-refractivity contribution < 1.29 is 28.7 Å². The number of aromatic nitrogens is 3. The zero-order valence-corrected chi connectivity index (χ0v) is 34.5. The second kappa shape index (κ2) is 17.5. The molecule has 2 fully saturated rings. The Balaban J connectivity index is 1.06. The van der Waals surface area contributed by atoms with Gasteiger partial charge in [0.2, 0.25) is 11.8 Å². The molecule has 3 aliphatic rings. The minimum Gasteiger partial charge on any atom is -0.453 e. The molecule has 2 aliphatic heterocycles. The Morgan fingerprint density at radius 3 is 1.67 bits per heavy atom. The van der Waals surface area contributed by atoms with E-state index in [0.29, 0.717) is 13.1 Å². The molecule has 2 aromatic carbocycles. The molecule has 58 heavy (non-hydrogen) atoms. The number of carbonyl (C=O) groups excluding carboxylic acids is 4. The summed E-state index contributed by atoms with van der Waals surface area (Å²) in [5, 5.41) is 5.48. The third-order valence-electron chi connectivity index (χ3n) is 12.2. The number of aromatic amines is 2. The number of ether oxygens (including phenoxy) is 2. The summed E-state index contributed by atoms with van der Waals surface area (Å²) in [7, 11) is 2.61. The zero-order chi connectivity index (χ0) is 41.1. The Hall–Kier alpha value is -5.59. The summed E-state index contributed by atoms with van der Waals surface area (Å²) >= 11 is 0. The standard InChI is InChI=1S/C45H57N7O6/c1-26(2)37(49-44(55)57-5)42(53)51-23-9-13-35(51)40-33-12-8-7-11-32(33)39(48-40)31-21-17-29(18-22-31)28-15-19-30(20-16-28)34-25-46-41(47-34)36-14-10-24-52(36)43(54)38(27(3)4)50-45(56)58-6/h15-22,25-27,35-38,48H,7-14,23-24H2,1-6H3,(H,46,47)(H,49,55)(H,50,56)/t35-,36-,37?,38-/m0/s1. The molecular weight excluding hydrogens is 735 g/mol. The number of carbonyl (C=O) groups is 4. The van der Waals surface area contributed by atoms with E-state index in [0.717, 1.165) is 96.5 Å². The first-order valence-corrected chi connectivity index (χ1v) is 20.8. The molecule has 2 saturated heterocycles. The summed E-state index contributed by atoms with van der Waals surface area (Å²) in [6.07, 6.45) is 8.28. The maximum atomic E-state index is 13.9. The quantitative estimate of drug-likeness (QED) is 0.121. The Morgan fingerprint density at radius 1 is 0.655 bits per heavy atom. The number of amides is 4. The molecule has 4 aromatic rings. The molecule has 2 aromatic heterocycles. The molecular formula is C45H57N7O6. The van der Waals surface area contributed by atoms with Gasteiger partial charge in [-0.15, -0.1) is 0 Å². The van der Waals surface area contributed by atoms with E-state index in [-0.39, 0.29) is 35.7 Å². The number of hydrogen-bond acceptors (Lipinski definition) is 7. The predicted molar refractivity (Wildman–Crippen MR) is 222 cm³/mol. The number of benzene rings is 2. The van der Waals surface area contributed by atoms with Crippen molar-refractivity contribution in [3.05, 3.63) is 77.4 Å².